The highest BCUT2D eigenvalue weighted by atomic mass is 16.5. The molecule has 0 spiro atoms. The zero-order chi connectivity index (χ0) is 17.7. The Bertz CT molecular complexity index is 669. The molecular formula is C22H30N2O2. The van der Waals surface area contributed by atoms with Gasteiger partial charge in [0.15, 0.2) is 0 Å². The van der Waals surface area contributed by atoms with Gasteiger partial charge in [-0.25, -0.2) is 0 Å². The molecule has 4 fully saturated rings. The van der Waals surface area contributed by atoms with Crippen LogP contribution >= 0.6 is 0 Å². The van der Waals surface area contributed by atoms with Crippen molar-refractivity contribution < 1.29 is 9.53 Å². The minimum Gasteiger partial charge on any atom is -0.497 e. The zero-order valence-electron chi connectivity index (χ0n) is 15.8. The van der Waals surface area contributed by atoms with Crippen LogP contribution in [0.1, 0.15) is 50.1 Å². The molecule has 4 heteroatoms. The van der Waals surface area contributed by atoms with E-state index >= 15 is 0 Å². The van der Waals surface area contributed by atoms with Gasteiger partial charge in [0.1, 0.15) is 5.75 Å². The summed E-state index contributed by atoms with van der Waals surface area (Å²) in [7, 11) is 1.73. The van der Waals surface area contributed by atoms with Crippen molar-refractivity contribution in [3.8, 4) is 5.75 Å². The van der Waals surface area contributed by atoms with Gasteiger partial charge in [-0.2, -0.15) is 0 Å². The highest BCUT2D eigenvalue weighted by Gasteiger charge is 2.47. The maximum absolute atomic E-state index is 12.6. The number of fused-ring (bicyclic) bond motifs is 4. The summed E-state index contributed by atoms with van der Waals surface area (Å²) < 4.78 is 5.33. The van der Waals surface area contributed by atoms with E-state index in [4.69, 9.17) is 4.74 Å². The van der Waals surface area contributed by atoms with Crippen LogP contribution in [0.2, 0.25) is 0 Å². The van der Waals surface area contributed by atoms with Crippen LogP contribution in [0.4, 0.5) is 0 Å². The number of carbonyl (C=O) groups excluding carboxylic acids is 1. The Morgan fingerprint density at radius 3 is 2.58 bits per heavy atom. The lowest BCUT2D eigenvalue weighted by molar-refractivity contribution is -0.140. The van der Waals surface area contributed by atoms with Gasteiger partial charge < -0.3 is 9.64 Å². The van der Waals surface area contributed by atoms with Crippen LogP contribution in [0, 0.1) is 17.8 Å². The van der Waals surface area contributed by atoms with Crippen LogP contribution in [0.5, 0.6) is 5.75 Å². The van der Waals surface area contributed by atoms with Crippen LogP contribution in [0.3, 0.4) is 0 Å². The number of ether oxygens (including phenoxy) is 1. The van der Waals surface area contributed by atoms with Crippen molar-refractivity contribution in [2.45, 2.75) is 50.6 Å². The third-order valence-electron chi connectivity index (χ3n) is 7.13. The summed E-state index contributed by atoms with van der Waals surface area (Å²) in [6.45, 7) is 3.15. The topological polar surface area (TPSA) is 32.8 Å². The van der Waals surface area contributed by atoms with Gasteiger partial charge in [-0.15, -0.1) is 0 Å². The van der Waals surface area contributed by atoms with E-state index in [1.165, 1.54) is 31.2 Å². The molecule has 1 aromatic rings. The summed E-state index contributed by atoms with van der Waals surface area (Å²) >= 11 is 0. The first-order valence-corrected chi connectivity index (χ1v) is 10.4. The number of piperidine rings is 3. The average Bonchev–Trinajstić information content (AvgIpc) is 3.52. The molecule has 0 radical (unpaired) electrons. The van der Waals surface area contributed by atoms with E-state index in [-0.39, 0.29) is 0 Å². The van der Waals surface area contributed by atoms with Crippen molar-refractivity contribution in [3.05, 3.63) is 29.8 Å². The minimum absolute atomic E-state index is 0.364. The Morgan fingerprint density at radius 2 is 1.85 bits per heavy atom. The molecule has 4 nitrogen and oxygen atoms in total. The quantitative estimate of drug-likeness (QED) is 0.833. The van der Waals surface area contributed by atoms with Crippen LogP contribution in [-0.4, -0.2) is 48.5 Å². The molecule has 5 rings (SSSR count). The molecule has 0 N–H and O–H groups in total. The Hall–Kier alpha value is -1.55. The van der Waals surface area contributed by atoms with Gasteiger partial charge in [-0.05, 0) is 68.1 Å². The minimum atomic E-state index is 0.364. The number of nitrogens with zero attached hydrogens (tertiary/aromatic N) is 2. The molecule has 26 heavy (non-hydrogen) atoms. The van der Waals surface area contributed by atoms with Crippen LogP contribution in [0.25, 0.3) is 0 Å². The number of methoxy groups -OCH3 is 1. The zero-order valence-corrected chi connectivity index (χ0v) is 15.8. The number of carbonyl (C=O) groups is 1. The van der Waals surface area contributed by atoms with Crippen molar-refractivity contribution in [1.82, 2.24) is 9.80 Å². The summed E-state index contributed by atoms with van der Waals surface area (Å²) in [4.78, 5) is 17.6. The first-order valence-electron chi connectivity index (χ1n) is 10.4. The van der Waals surface area contributed by atoms with Crippen molar-refractivity contribution in [1.29, 1.82) is 0 Å². The second-order valence-electron chi connectivity index (χ2n) is 8.86. The average molecular weight is 354 g/mol. The fraction of sp³-hybridized carbons (Fsp3) is 0.682. The molecule has 3 heterocycles. The van der Waals surface area contributed by atoms with Gasteiger partial charge >= 0.3 is 0 Å². The number of hydrogen-bond acceptors (Lipinski definition) is 3. The predicted octanol–water partition coefficient (Wildman–Crippen LogP) is 3.48. The maximum atomic E-state index is 12.6. The molecule has 4 aliphatic rings. The molecule has 4 atom stereocenters. The van der Waals surface area contributed by atoms with E-state index in [0.29, 0.717) is 35.7 Å². The molecule has 3 aliphatic heterocycles. The largest absolute Gasteiger partial charge is 0.497 e. The van der Waals surface area contributed by atoms with Gasteiger partial charge in [0.2, 0.25) is 5.91 Å². The molecule has 2 bridgehead atoms. The van der Waals surface area contributed by atoms with Crippen molar-refractivity contribution >= 4 is 5.91 Å². The maximum Gasteiger partial charge on any atom is 0.225 e. The molecule has 1 amide bonds. The molecule has 140 valence electrons. The highest BCUT2D eigenvalue weighted by Crippen LogP contribution is 2.45. The van der Waals surface area contributed by atoms with Crippen molar-refractivity contribution in [2.75, 3.05) is 26.7 Å². The summed E-state index contributed by atoms with van der Waals surface area (Å²) in [5.74, 6) is 3.09. The number of hydrogen-bond donors (Lipinski definition) is 0. The van der Waals surface area contributed by atoms with Crippen molar-refractivity contribution in [2.24, 2.45) is 17.8 Å². The third kappa shape index (κ3) is 2.92. The molecule has 3 saturated heterocycles. The Kier molecular flexibility index (Phi) is 4.19. The summed E-state index contributed by atoms with van der Waals surface area (Å²) in [5.41, 5.74) is 1.43. The molecule has 1 aliphatic carbocycles. The molecule has 0 unspecified atom stereocenters. The van der Waals surface area contributed by atoms with Crippen molar-refractivity contribution in [3.63, 3.8) is 0 Å². The number of benzene rings is 1. The summed E-state index contributed by atoms with van der Waals surface area (Å²) in [6, 6.07) is 9.88. The molecule has 1 saturated carbocycles. The molecule has 0 aromatic heterocycles. The van der Waals surface area contributed by atoms with Crippen LogP contribution in [-0.2, 0) is 4.79 Å². The van der Waals surface area contributed by atoms with Gasteiger partial charge in [0.05, 0.1) is 7.11 Å². The standard InChI is InChI=1S/C22H30N2O2/c1-26-19-9-7-16(8-10-19)20-3-2-4-21-18-11-15(13-24(20)21)12-23(14-18)22(25)17-5-6-17/h7-10,15,17-18,20-21H,2-6,11-14H2,1H3/t15-,18+,20+,21-/m0/s1. The van der Waals surface area contributed by atoms with Gasteiger partial charge in [0.25, 0.3) is 0 Å². The molecule has 1 aromatic carbocycles. The Morgan fingerprint density at radius 1 is 1.04 bits per heavy atom. The normalized spacial score (nSPS) is 34.3. The van der Waals surface area contributed by atoms with Crippen LogP contribution in [0.15, 0.2) is 24.3 Å². The SMILES string of the molecule is COc1ccc([C@H]2CCC[C@H]3[C@@H]4C[C@@H](CN(C(=O)C5CC5)C4)CN23)cc1. The number of rotatable bonds is 3. The lowest BCUT2D eigenvalue weighted by Crippen LogP contribution is -2.60. The third-order valence-corrected chi connectivity index (χ3v) is 7.13. The first kappa shape index (κ1) is 16.6. The fourth-order valence-electron chi connectivity index (χ4n) is 5.76. The van der Waals surface area contributed by atoms with E-state index in [2.05, 4.69) is 34.1 Å². The second-order valence-corrected chi connectivity index (χ2v) is 8.86. The fourth-order valence-corrected chi connectivity index (χ4v) is 5.76. The number of amides is 1. The molecular weight excluding hydrogens is 324 g/mol. The predicted molar refractivity (Wildman–Crippen MR) is 101 cm³/mol. The van der Waals surface area contributed by atoms with E-state index < -0.39 is 0 Å². The summed E-state index contributed by atoms with van der Waals surface area (Å²) in [5, 5.41) is 0. The van der Waals surface area contributed by atoms with E-state index in [1.807, 2.05) is 0 Å². The van der Waals surface area contributed by atoms with Gasteiger partial charge in [-0.3, -0.25) is 9.69 Å². The van der Waals surface area contributed by atoms with E-state index in [9.17, 15) is 4.79 Å². The monoisotopic (exact) mass is 354 g/mol. The number of likely N-dealkylation sites (tertiary alicyclic amines) is 1. The lowest BCUT2D eigenvalue weighted by Gasteiger charge is -2.55. The highest BCUT2D eigenvalue weighted by molar-refractivity contribution is 5.81. The van der Waals surface area contributed by atoms with E-state index in [1.54, 1.807) is 7.11 Å². The Balaban J connectivity index is 1.35. The van der Waals surface area contributed by atoms with Crippen LogP contribution < -0.4 is 4.74 Å². The summed E-state index contributed by atoms with van der Waals surface area (Å²) in [6.07, 6.45) is 7.43. The first-order chi connectivity index (χ1) is 12.7. The van der Waals surface area contributed by atoms with Gasteiger partial charge in [-0.1, -0.05) is 12.1 Å². The second kappa shape index (κ2) is 6.56. The Labute approximate surface area is 156 Å². The smallest absolute Gasteiger partial charge is 0.225 e. The lowest BCUT2D eigenvalue weighted by atomic mass is 9.74. The van der Waals surface area contributed by atoms with E-state index in [0.717, 1.165) is 38.2 Å². The van der Waals surface area contributed by atoms with Gasteiger partial charge in [0, 0.05) is 37.6 Å².